The lowest BCUT2D eigenvalue weighted by Crippen LogP contribution is -2.54. The summed E-state index contributed by atoms with van der Waals surface area (Å²) in [6, 6.07) is 2.65. The Morgan fingerprint density at radius 2 is 1.83 bits per heavy atom. The summed E-state index contributed by atoms with van der Waals surface area (Å²) in [5.74, 6) is -0.946. The largest absolute Gasteiger partial charge is 0.416 e. The van der Waals surface area contributed by atoms with Crippen LogP contribution in [0, 0.1) is 11.3 Å². The summed E-state index contributed by atoms with van der Waals surface area (Å²) in [7, 11) is 0. The number of hydrogen-bond donors (Lipinski definition) is 2. The lowest BCUT2D eigenvalue weighted by molar-refractivity contribution is -0.137. The second-order valence-electron chi connectivity index (χ2n) is 11.1. The number of hydrogen-bond acceptors (Lipinski definition) is 4. The quantitative estimate of drug-likeness (QED) is 0.591. The highest BCUT2D eigenvalue weighted by molar-refractivity contribution is 6.10. The highest BCUT2D eigenvalue weighted by atomic mass is 19.4. The van der Waals surface area contributed by atoms with E-state index < -0.39 is 41.7 Å². The Hall–Kier alpha value is -2.78. The highest BCUT2D eigenvalue weighted by Crippen LogP contribution is 2.46. The predicted octanol–water partition coefficient (Wildman–Crippen LogP) is 4.77. The number of amides is 4. The van der Waals surface area contributed by atoms with Gasteiger partial charge in [0.1, 0.15) is 12.1 Å². The Morgan fingerprint density at radius 1 is 1.14 bits per heavy atom. The first-order chi connectivity index (χ1) is 16.3. The Kier molecular flexibility index (Phi) is 6.53. The molecule has 3 aliphatic rings. The van der Waals surface area contributed by atoms with Gasteiger partial charge in [0.05, 0.1) is 16.9 Å². The number of nitrogens with zero attached hydrogens (tertiary/aromatic N) is 2. The number of urea groups is 1. The minimum atomic E-state index is -4.57. The summed E-state index contributed by atoms with van der Waals surface area (Å²) in [5, 5.41) is 5.37. The molecule has 3 fully saturated rings. The molecular weight excluding hydrogens is 461 g/mol. The molecule has 2 saturated heterocycles. The number of rotatable bonds is 4. The molecule has 4 amide bonds. The van der Waals surface area contributed by atoms with E-state index in [4.69, 9.17) is 0 Å². The second kappa shape index (κ2) is 9.02. The fraction of sp³-hybridized carbons (Fsp3) is 0.640. The van der Waals surface area contributed by atoms with Crippen LogP contribution in [0.15, 0.2) is 18.2 Å². The molecule has 0 radical (unpaired) electrons. The lowest BCUT2D eigenvalue weighted by Gasteiger charge is -2.43. The average Bonchev–Trinajstić information content (AvgIpc) is 2.95. The zero-order valence-corrected chi connectivity index (χ0v) is 20.4. The van der Waals surface area contributed by atoms with Gasteiger partial charge >= 0.3 is 12.2 Å². The first-order valence-electron chi connectivity index (χ1n) is 12.2. The van der Waals surface area contributed by atoms with Crippen molar-refractivity contribution in [3.8, 4) is 0 Å². The molecular formula is C25H33F3N4O3. The van der Waals surface area contributed by atoms with Crippen LogP contribution >= 0.6 is 0 Å². The van der Waals surface area contributed by atoms with E-state index in [2.05, 4.69) is 24.5 Å². The molecule has 2 aliphatic heterocycles. The summed E-state index contributed by atoms with van der Waals surface area (Å²) in [5.41, 5.74) is -1.54. The summed E-state index contributed by atoms with van der Waals surface area (Å²) in [4.78, 5) is 41.8. The number of halogens is 3. The van der Waals surface area contributed by atoms with Crippen LogP contribution in [0.1, 0.15) is 64.9 Å². The van der Waals surface area contributed by atoms with Crippen molar-refractivity contribution in [3.63, 3.8) is 0 Å². The molecule has 2 N–H and O–H groups in total. The number of piperidine rings is 1. The van der Waals surface area contributed by atoms with E-state index >= 15 is 0 Å². The number of imide groups is 1. The maximum Gasteiger partial charge on any atom is 0.416 e. The summed E-state index contributed by atoms with van der Waals surface area (Å²) >= 11 is 0. The molecule has 2 atom stereocenters. The fourth-order valence-electron chi connectivity index (χ4n) is 6.21. The maximum absolute atomic E-state index is 13.4. The van der Waals surface area contributed by atoms with Crippen molar-refractivity contribution in [3.05, 3.63) is 23.8 Å². The highest BCUT2D eigenvalue weighted by Gasteiger charge is 2.56. The number of benzene rings is 1. The number of carbonyl (C=O) groups is 3. The van der Waals surface area contributed by atoms with E-state index in [0.29, 0.717) is 31.6 Å². The third-order valence-corrected chi connectivity index (χ3v) is 7.22. The van der Waals surface area contributed by atoms with E-state index in [1.807, 2.05) is 11.8 Å². The molecule has 7 nitrogen and oxygen atoms in total. The maximum atomic E-state index is 13.4. The summed E-state index contributed by atoms with van der Waals surface area (Å²) < 4.78 is 40.1. The van der Waals surface area contributed by atoms with Gasteiger partial charge in [0.2, 0.25) is 5.91 Å². The number of nitrogens with one attached hydrogen (secondary N) is 2. The monoisotopic (exact) mass is 494 g/mol. The normalized spacial score (nSPS) is 26.7. The molecule has 0 unspecified atom stereocenters. The van der Waals surface area contributed by atoms with Crippen molar-refractivity contribution in [2.75, 3.05) is 29.9 Å². The van der Waals surface area contributed by atoms with Gasteiger partial charge in [-0.25, -0.2) is 4.79 Å². The van der Waals surface area contributed by atoms with Gasteiger partial charge in [-0.3, -0.25) is 14.5 Å². The molecule has 0 bridgehead atoms. The zero-order valence-electron chi connectivity index (χ0n) is 20.4. The van der Waals surface area contributed by atoms with Gasteiger partial charge in [-0.05, 0) is 68.1 Å². The molecule has 35 heavy (non-hydrogen) atoms. The Labute approximate surface area is 203 Å². The van der Waals surface area contributed by atoms with E-state index in [-0.39, 0.29) is 17.0 Å². The van der Waals surface area contributed by atoms with Gasteiger partial charge in [0.15, 0.2) is 0 Å². The van der Waals surface area contributed by atoms with Crippen molar-refractivity contribution in [1.29, 1.82) is 0 Å². The van der Waals surface area contributed by atoms with Crippen LogP contribution in [0.25, 0.3) is 0 Å². The minimum absolute atomic E-state index is 0.0286. The summed E-state index contributed by atoms with van der Waals surface area (Å²) in [6.45, 7) is 6.93. The molecule has 1 aromatic carbocycles. The number of anilines is 2. The van der Waals surface area contributed by atoms with Crippen LogP contribution in [0.4, 0.5) is 29.3 Å². The molecule has 1 spiro atoms. The van der Waals surface area contributed by atoms with E-state index in [9.17, 15) is 27.6 Å². The van der Waals surface area contributed by atoms with Crippen molar-refractivity contribution < 1.29 is 27.6 Å². The Morgan fingerprint density at radius 3 is 2.46 bits per heavy atom. The van der Waals surface area contributed by atoms with Crippen molar-refractivity contribution in [2.24, 2.45) is 11.3 Å². The van der Waals surface area contributed by atoms with Crippen molar-refractivity contribution in [2.45, 2.75) is 71.0 Å². The average molecular weight is 495 g/mol. The topological polar surface area (TPSA) is 81.8 Å². The molecule has 1 aromatic rings. The Balaban J connectivity index is 1.54. The van der Waals surface area contributed by atoms with Crippen LogP contribution < -0.4 is 15.5 Å². The van der Waals surface area contributed by atoms with Crippen LogP contribution in [-0.4, -0.2) is 47.9 Å². The van der Waals surface area contributed by atoms with Gasteiger partial charge in [-0.1, -0.05) is 20.8 Å². The van der Waals surface area contributed by atoms with Crippen LogP contribution in [0.3, 0.4) is 0 Å². The molecule has 1 saturated carbocycles. The van der Waals surface area contributed by atoms with Gasteiger partial charge in [-0.2, -0.15) is 13.2 Å². The number of carbonyl (C=O) groups excluding carboxylic acids is 3. The van der Waals surface area contributed by atoms with Gasteiger partial charge in [0.25, 0.3) is 5.91 Å². The first kappa shape index (κ1) is 25.3. The van der Waals surface area contributed by atoms with E-state index in [1.165, 1.54) is 6.07 Å². The van der Waals surface area contributed by atoms with Crippen LogP contribution in [0.5, 0.6) is 0 Å². The van der Waals surface area contributed by atoms with E-state index in [0.717, 1.165) is 42.7 Å². The molecule has 0 aromatic heterocycles. The molecule has 192 valence electrons. The van der Waals surface area contributed by atoms with Gasteiger partial charge in [-0.15, -0.1) is 0 Å². The second-order valence-corrected chi connectivity index (χ2v) is 11.1. The van der Waals surface area contributed by atoms with Crippen LogP contribution in [-0.2, 0) is 15.8 Å². The summed E-state index contributed by atoms with van der Waals surface area (Å²) in [6.07, 6.45) is 0.185. The molecule has 1 aliphatic carbocycles. The predicted molar refractivity (Wildman–Crippen MR) is 126 cm³/mol. The van der Waals surface area contributed by atoms with E-state index in [1.54, 1.807) is 0 Å². The SMILES string of the molecule is C[C@H]1CC(C)(C)C[C@@]2(C1)NC(=O)N(CC(=O)Nc1cc(C(F)(F)F)ccc1N1CCCCC1)C2=O. The standard InChI is InChI=1S/C25H33F3N4O3/c1-16-12-23(2,3)15-24(13-16)21(34)32(22(35)30-24)14-20(33)29-18-11-17(25(26,27)28)7-8-19(18)31-9-5-4-6-10-31/h7-8,11,16H,4-6,9-10,12-15H2,1-3H3,(H,29,33)(H,30,35)/t16-,24+/m0/s1. The minimum Gasteiger partial charge on any atom is -0.370 e. The molecule has 4 rings (SSSR count). The van der Waals surface area contributed by atoms with Gasteiger partial charge in [0, 0.05) is 13.1 Å². The van der Waals surface area contributed by atoms with Gasteiger partial charge < -0.3 is 15.5 Å². The number of alkyl halides is 3. The fourth-order valence-corrected chi connectivity index (χ4v) is 6.21. The Bertz CT molecular complexity index is 1020. The third-order valence-electron chi connectivity index (χ3n) is 7.22. The van der Waals surface area contributed by atoms with Crippen molar-refractivity contribution >= 4 is 29.2 Å². The third kappa shape index (κ3) is 5.26. The molecule has 10 heteroatoms. The van der Waals surface area contributed by atoms with Crippen LogP contribution in [0.2, 0.25) is 0 Å². The van der Waals surface area contributed by atoms with Crippen molar-refractivity contribution in [1.82, 2.24) is 10.2 Å². The zero-order chi connectivity index (χ0) is 25.6. The molecule has 2 heterocycles. The first-order valence-corrected chi connectivity index (χ1v) is 12.2. The lowest BCUT2D eigenvalue weighted by atomic mass is 9.64. The smallest absolute Gasteiger partial charge is 0.370 e.